The Morgan fingerprint density at radius 1 is 1.10 bits per heavy atom. The molecule has 5 heteroatoms. The number of carbonyl (C=O) groups excluding carboxylic acids is 2. The molecule has 5 nitrogen and oxygen atoms in total. The third-order valence-corrected chi connectivity index (χ3v) is 5.43. The Morgan fingerprint density at radius 2 is 1.79 bits per heavy atom. The van der Waals surface area contributed by atoms with Gasteiger partial charge < -0.3 is 4.90 Å². The number of amides is 2. The fourth-order valence-electron chi connectivity index (χ4n) is 3.56. The van der Waals surface area contributed by atoms with Gasteiger partial charge in [0.05, 0.1) is 11.8 Å². The molecule has 1 heterocycles. The molecule has 3 rings (SSSR count). The molecule has 29 heavy (non-hydrogen) atoms. The van der Waals surface area contributed by atoms with E-state index in [9.17, 15) is 9.59 Å². The number of hydrazone groups is 1. The van der Waals surface area contributed by atoms with Crippen LogP contribution < -0.4 is 0 Å². The van der Waals surface area contributed by atoms with Crippen molar-refractivity contribution in [3.8, 4) is 0 Å². The smallest absolute Gasteiger partial charge is 0.262 e. The van der Waals surface area contributed by atoms with E-state index in [1.54, 1.807) is 12.1 Å². The summed E-state index contributed by atoms with van der Waals surface area (Å²) in [6, 6.07) is 16.1. The Morgan fingerprint density at radius 3 is 2.41 bits per heavy atom. The standard InChI is InChI=1S/C24H29N3O2/c1-16(2)24(29)26(5)15-23(28)27-22(19-9-7-6-8-10-19)14-21(25-27)20-12-11-17(3)18(4)13-20/h6-13,16,22H,14-15H2,1-5H3. The molecule has 2 aromatic rings. The van der Waals surface area contributed by atoms with E-state index in [1.165, 1.54) is 16.0 Å². The summed E-state index contributed by atoms with van der Waals surface area (Å²) in [5.74, 6) is -0.368. The summed E-state index contributed by atoms with van der Waals surface area (Å²) in [5.41, 5.74) is 5.41. The van der Waals surface area contributed by atoms with Gasteiger partial charge in [-0.15, -0.1) is 0 Å². The van der Waals surface area contributed by atoms with Crippen LogP contribution in [0.25, 0.3) is 0 Å². The number of rotatable bonds is 5. The van der Waals surface area contributed by atoms with Crippen molar-refractivity contribution in [2.75, 3.05) is 13.6 Å². The summed E-state index contributed by atoms with van der Waals surface area (Å²) in [5, 5.41) is 6.27. The Kier molecular flexibility index (Phi) is 6.16. The van der Waals surface area contributed by atoms with Crippen molar-refractivity contribution in [3.63, 3.8) is 0 Å². The van der Waals surface area contributed by atoms with Gasteiger partial charge in [0.15, 0.2) is 0 Å². The van der Waals surface area contributed by atoms with Crippen LogP contribution in [0.2, 0.25) is 0 Å². The van der Waals surface area contributed by atoms with Crippen molar-refractivity contribution in [1.82, 2.24) is 9.91 Å². The normalized spacial score (nSPS) is 16.1. The monoisotopic (exact) mass is 391 g/mol. The molecule has 0 radical (unpaired) electrons. The van der Waals surface area contributed by atoms with Crippen LogP contribution in [0.4, 0.5) is 0 Å². The van der Waals surface area contributed by atoms with E-state index in [0.717, 1.165) is 16.8 Å². The minimum Gasteiger partial charge on any atom is -0.336 e. The molecule has 1 unspecified atom stereocenters. The van der Waals surface area contributed by atoms with Crippen LogP contribution >= 0.6 is 0 Å². The lowest BCUT2D eigenvalue weighted by atomic mass is 9.96. The van der Waals surface area contributed by atoms with Gasteiger partial charge in [0.1, 0.15) is 6.54 Å². The van der Waals surface area contributed by atoms with Crippen molar-refractivity contribution in [2.45, 2.75) is 40.2 Å². The molecular formula is C24H29N3O2. The van der Waals surface area contributed by atoms with Crippen molar-refractivity contribution < 1.29 is 9.59 Å². The summed E-state index contributed by atoms with van der Waals surface area (Å²) in [4.78, 5) is 26.8. The first-order valence-electron chi connectivity index (χ1n) is 10.0. The van der Waals surface area contributed by atoms with E-state index in [2.05, 4.69) is 32.0 Å². The van der Waals surface area contributed by atoms with Gasteiger partial charge in [-0.2, -0.15) is 5.10 Å². The second-order valence-electron chi connectivity index (χ2n) is 8.06. The molecule has 152 valence electrons. The molecule has 0 fully saturated rings. The summed E-state index contributed by atoms with van der Waals surface area (Å²) in [7, 11) is 1.67. The Labute approximate surface area is 173 Å². The second kappa shape index (κ2) is 8.60. The average molecular weight is 392 g/mol. The van der Waals surface area contributed by atoms with Crippen molar-refractivity contribution >= 4 is 17.5 Å². The topological polar surface area (TPSA) is 53.0 Å². The lowest BCUT2D eigenvalue weighted by molar-refractivity contribution is -0.142. The molecular weight excluding hydrogens is 362 g/mol. The van der Waals surface area contributed by atoms with Crippen LogP contribution in [0, 0.1) is 19.8 Å². The summed E-state index contributed by atoms with van der Waals surface area (Å²) < 4.78 is 0. The van der Waals surface area contributed by atoms with E-state index < -0.39 is 0 Å². The SMILES string of the molecule is Cc1ccc(C2=NN(C(=O)CN(C)C(=O)C(C)C)C(c3ccccc3)C2)cc1C. The summed E-state index contributed by atoms with van der Waals surface area (Å²) >= 11 is 0. The maximum absolute atomic E-state index is 13.1. The Balaban J connectivity index is 1.90. The van der Waals surface area contributed by atoms with Gasteiger partial charge in [0.25, 0.3) is 5.91 Å². The van der Waals surface area contributed by atoms with Gasteiger partial charge in [-0.3, -0.25) is 9.59 Å². The number of benzene rings is 2. The fraction of sp³-hybridized carbons (Fsp3) is 0.375. The first-order valence-corrected chi connectivity index (χ1v) is 10.0. The number of carbonyl (C=O) groups is 2. The van der Waals surface area contributed by atoms with Gasteiger partial charge in [0.2, 0.25) is 5.91 Å². The van der Waals surface area contributed by atoms with Gasteiger partial charge >= 0.3 is 0 Å². The molecule has 0 aromatic heterocycles. The van der Waals surface area contributed by atoms with Gasteiger partial charge in [-0.05, 0) is 42.2 Å². The van der Waals surface area contributed by atoms with Crippen LogP contribution in [0.15, 0.2) is 53.6 Å². The zero-order valence-electron chi connectivity index (χ0n) is 17.8. The first-order chi connectivity index (χ1) is 13.8. The van der Waals surface area contributed by atoms with E-state index in [-0.39, 0.29) is 30.3 Å². The van der Waals surface area contributed by atoms with Gasteiger partial charge in [0, 0.05) is 19.4 Å². The van der Waals surface area contributed by atoms with Gasteiger partial charge in [-0.1, -0.05) is 56.3 Å². The maximum Gasteiger partial charge on any atom is 0.262 e. The van der Waals surface area contributed by atoms with Crippen molar-refractivity contribution in [2.24, 2.45) is 11.0 Å². The molecule has 1 atom stereocenters. The molecule has 1 aliphatic heterocycles. The van der Waals surface area contributed by atoms with Crippen LogP contribution in [0.3, 0.4) is 0 Å². The Hall–Kier alpha value is -2.95. The predicted molar refractivity (Wildman–Crippen MR) is 116 cm³/mol. The predicted octanol–water partition coefficient (Wildman–Crippen LogP) is 4.10. The van der Waals surface area contributed by atoms with E-state index in [1.807, 2.05) is 44.2 Å². The van der Waals surface area contributed by atoms with Crippen molar-refractivity contribution in [1.29, 1.82) is 0 Å². The van der Waals surface area contributed by atoms with Crippen LogP contribution in [0.5, 0.6) is 0 Å². The number of likely N-dealkylation sites (N-methyl/N-ethyl adjacent to an activating group) is 1. The maximum atomic E-state index is 13.1. The van der Waals surface area contributed by atoms with E-state index >= 15 is 0 Å². The van der Waals surface area contributed by atoms with E-state index in [4.69, 9.17) is 5.10 Å². The zero-order valence-corrected chi connectivity index (χ0v) is 17.8. The van der Waals surface area contributed by atoms with Gasteiger partial charge in [-0.25, -0.2) is 5.01 Å². The minimum absolute atomic E-state index is 0.0179. The Bertz CT molecular complexity index is 934. The first kappa shape index (κ1) is 20.8. The quantitative estimate of drug-likeness (QED) is 0.771. The van der Waals surface area contributed by atoms with Crippen molar-refractivity contribution in [3.05, 3.63) is 70.8 Å². The molecule has 0 saturated heterocycles. The molecule has 0 bridgehead atoms. The summed E-state index contributed by atoms with van der Waals surface area (Å²) in [6.45, 7) is 7.85. The highest BCUT2D eigenvalue weighted by molar-refractivity contribution is 6.03. The third-order valence-electron chi connectivity index (χ3n) is 5.43. The highest BCUT2D eigenvalue weighted by Crippen LogP contribution is 2.33. The second-order valence-corrected chi connectivity index (χ2v) is 8.06. The molecule has 0 spiro atoms. The largest absolute Gasteiger partial charge is 0.336 e. The molecule has 2 amide bonds. The molecule has 0 aliphatic carbocycles. The number of nitrogens with zero attached hydrogens (tertiary/aromatic N) is 3. The average Bonchev–Trinajstić information content (AvgIpc) is 3.15. The summed E-state index contributed by atoms with van der Waals surface area (Å²) in [6.07, 6.45) is 0.653. The minimum atomic E-state index is -0.172. The van der Waals surface area contributed by atoms with Crippen LogP contribution in [-0.2, 0) is 9.59 Å². The van der Waals surface area contributed by atoms with Crippen LogP contribution in [0.1, 0.15) is 48.6 Å². The number of hydrogen-bond donors (Lipinski definition) is 0. The lowest BCUT2D eigenvalue weighted by Gasteiger charge is -2.25. The third kappa shape index (κ3) is 4.56. The number of aryl methyl sites for hydroxylation is 2. The fourth-order valence-corrected chi connectivity index (χ4v) is 3.56. The highest BCUT2D eigenvalue weighted by atomic mass is 16.2. The molecule has 2 aromatic carbocycles. The van der Waals surface area contributed by atoms with Crippen LogP contribution in [-0.4, -0.2) is 41.0 Å². The lowest BCUT2D eigenvalue weighted by Crippen LogP contribution is -2.40. The molecule has 0 N–H and O–H groups in total. The highest BCUT2D eigenvalue weighted by Gasteiger charge is 2.34. The van der Waals surface area contributed by atoms with E-state index in [0.29, 0.717) is 6.42 Å². The zero-order chi connectivity index (χ0) is 21.1. The number of hydrogen-bond acceptors (Lipinski definition) is 3. The molecule has 0 saturated carbocycles. The molecule has 1 aliphatic rings.